The second-order valence-corrected chi connectivity index (χ2v) is 4.12. The van der Waals surface area contributed by atoms with Gasteiger partial charge < -0.3 is 5.32 Å². The summed E-state index contributed by atoms with van der Waals surface area (Å²) in [6.45, 7) is 5.00. The minimum atomic E-state index is -0.800. The van der Waals surface area contributed by atoms with E-state index < -0.39 is 11.0 Å². The van der Waals surface area contributed by atoms with Crippen LogP contribution in [0.2, 0.25) is 0 Å². The van der Waals surface area contributed by atoms with Crippen molar-refractivity contribution in [3.8, 4) is 0 Å². The third-order valence-electron chi connectivity index (χ3n) is 2.08. The molecule has 0 aromatic heterocycles. The molecule has 1 aliphatic rings. The zero-order valence-corrected chi connectivity index (χ0v) is 7.99. The van der Waals surface area contributed by atoms with E-state index in [1.54, 1.807) is 6.26 Å². The summed E-state index contributed by atoms with van der Waals surface area (Å²) in [5.74, 6) is 0. The van der Waals surface area contributed by atoms with Gasteiger partial charge in [-0.2, -0.15) is 0 Å². The highest BCUT2D eigenvalue weighted by atomic mass is 32.2. The van der Waals surface area contributed by atoms with E-state index in [4.69, 9.17) is 0 Å². The Morgan fingerprint density at radius 3 is 2.82 bits per heavy atom. The number of likely N-dealkylation sites (N-methyl/N-ethyl adjacent to an activating group) is 1. The Bertz CT molecular complexity index is 145. The van der Waals surface area contributed by atoms with Crippen LogP contribution in [0.25, 0.3) is 0 Å². The van der Waals surface area contributed by atoms with Crippen molar-refractivity contribution in [3.05, 3.63) is 0 Å². The Labute approximate surface area is 70.7 Å². The van der Waals surface area contributed by atoms with Crippen LogP contribution in [-0.2, 0) is 11.0 Å². The third kappa shape index (κ3) is 2.25. The Balaban J connectivity index is 2.46. The molecule has 0 radical (unpaired) electrons. The minimum absolute atomic E-state index is 0.492. The lowest BCUT2D eigenvalue weighted by Gasteiger charge is -2.23. The van der Waals surface area contributed by atoms with Crippen LogP contribution in [0, 0.1) is 0 Å². The van der Waals surface area contributed by atoms with E-state index in [0.717, 1.165) is 26.1 Å². The molecule has 0 spiro atoms. The SMILES string of the molecule is CCN(C1CCNC1)S(C)=O. The quantitative estimate of drug-likeness (QED) is 0.654. The van der Waals surface area contributed by atoms with Crippen LogP contribution in [0.5, 0.6) is 0 Å². The summed E-state index contributed by atoms with van der Waals surface area (Å²) in [4.78, 5) is 0. The van der Waals surface area contributed by atoms with Gasteiger partial charge in [-0.05, 0) is 13.0 Å². The van der Waals surface area contributed by atoms with Crippen molar-refractivity contribution in [3.63, 3.8) is 0 Å². The summed E-state index contributed by atoms with van der Waals surface area (Å²) in [7, 11) is -0.800. The van der Waals surface area contributed by atoms with Gasteiger partial charge in [0.25, 0.3) is 0 Å². The molecule has 0 saturated carbocycles. The van der Waals surface area contributed by atoms with E-state index in [9.17, 15) is 4.21 Å². The zero-order chi connectivity index (χ0) is 8.27. The summed E-state index contributed by atoms with van der Waals surface area (Å²) < 4.78 is 13.2. The first-order valence-electron chi connectivity index (χ1n) is 4.06. The molecule has 0 aromatic rings. The lowest BCUT2D eigenvalue weighted by molar-refractivity contribution is 0.373. The molecule has 1 rings (SSSR count). The Kier molecular flexibility index (Phi) is 3.48. The van der Waals surface area contributed by atoms with Crippen molar-refractivity contribution in [1.82, 2.24) is 9.62 Å². The lowest BCUT2D eigenvalue weighted by Crippen LogP contribution is -2.37. The van der Waals surface area contributed by atoms with Gasteiger partial charge in [-0.15, -0.1) is 0 Å². The van der Waals surface area contributed by atoms with Gasteiger partial charge in [-0.1, -0.05) is 6.92 Å². The fraction of sp³-hybridized carbons (Fsp3) is 1.00. The molecule has 2 atom stereocenters. The number of hydrogen-bond acceptors (Lipinski definition) is 2. The van der Waals surface area contributed by atoms with Crippen molar-refractivity contribution in [2.24, 2.45) is 0 Å². The average molecular weight is 176 g/mol. The highest BCUT2D eigenvalue weighted by molar-refractivity contribution is 7.81. The molecular formula is C7H16N2OS. The number of hydrogen-bond donors (Lipinski definition) is 1. The van der Waals surface area contributed by atoms with E-state index in [2.05, 4.69) is 12.2 Å². The van der Waals surface area contributed by atoms with Crippen molar-refractivity contribution >= 4 is 11.0 Å². The molecule has 1 heterocycles. The molecule has 4 heteroatoms. The van der Waals surface area contributed by atoms with Crippen LogP contribution in [-0.4, -0.2) is 40.4 Å². The smallest absolute Gasteiger partial charge is 0.0913 e. The highest BCUT2D eigenvalue weighted by Gasteiger charge is 2.22. The van der Waals surface area contributed by atoms with Crippen LogP contribution in [0.4, 0.5) is 0 Å². The van der Waals surface area contributed by atoms with Gasteiger partial charge in [0.15, 0.2) is 0 Å². The molecule has 1 fully saturated rings. The molecule has 3 nitrogen and oxygen atoms in total. The molecular weight excluding hydrogens is 160 g/mol. The molecule has 0 bridgehead atoms. The van der Waals surface area contributed by atoms with Gasteiger partial charge in [-0.3, -0.25) is 0 Å². The number of nitrogens with one attached hydrogen (secondary N) is 1. The molecule has 0 aliphatic carbocycles. The van der Waals surface area contributed by atoms with E-state index in [-0.39, 0.29) is 0 Å². The van der Waals surface area contributed by atoms with E-state index >= 15 is 0 Å². The summed E-state index contributed by atoms with van der Waals surface area (Å²) in [5.41, 5.74) is 0. The normalized spacial score (nSPS) is 27.7. The van der Waals surface area contributed by atoms with Crippen LogP contribution in [0.3, 0.4) is 0 Å². The van der Waals surface area contributed by atoms with Crippen LogP contribution >= 0.6 is 0 Å². The fourth-order valence-corrected chi connectivity index (χ4v) is 2.50. The predicted octanol–water partition coefficient (Wildman–Crippen LogP) is -0.0363. The third-order valence-corrected chi connectivity index (χ3v) is 3.30. The standard InChI is InChI=1S/C7H16N2OS/c1-3-9(11(2)10)7-4-5-8-6-7/h7-8H,3-6H2,1-2H3. The van der Waals surface area contributed by atoms with Crippen molar-refractivity contribution < 1.29 is 4.21 Å². The second kappa shape index (κ2) is 4.18. The van der Waals surface area contributed by atoms with Crippen molar-refractivity contribution in [2.75, 3.05) is 25.9 Å². The summed E-state index contributed by atoms with van der Waals surface area (Å²) in [6.07, 6.45) is 2.88. The van der Waals surface area contributed by atoms with Gasteiger partial charge in [0.1, 0.15) is 0 Å². The van der Waals surface area contributed by atoms with E-state index in [1.165, 1.54) is 0 Å². The predicted molar refractivity (Wildman–Crippen MR) is 47.7 cm³/mol. The summed E-state index contributed by atoms with van der Waals surface area (Å²) in [5, 5.41) is 3.27. The second-order valence-electron chi connectivity index (χ2n) is 2.80. The van der Waals surface area contributed by atoms with Crippen LogP contribution < -0.4 is 5.32 Å². The van der Waals surface area contributed by atoms with Crippen molar-refractivity contribution in [1.29, 1.82) is 0 Å². The molecule has 2 unspecified atom stereocenters. The van der Waals surface area contributed by atoms with Crippen molar-refractivity contribution in [2.45, 2.75) is 19.4 Å². The fourth-order valence-electron chi connectivity index (χ4n) is 1.54. The molecule has 1 aliphatic heterocycles. The first kappa shape index (κ1) is 9.16. The Morgan fingerprint density at radius 1 is 1.73 bits per heavy atom. The largest absolute Gasteiger partial charge is 0.315 e. The van der Waals surface area contributed by atoms with Gasteiger partial charge in [0.2, 0.25) is 0 Å². The zero-order valence-electron chi connectivity index (χ0n) is 7.17. The molecule has 0 aromatic carbocycles. The Hall–Kier alpha value is 0.0700. The molecule has 1 N–H and O–H groups in total. The van der Waals surface area contributed by atoms with Gasteiger partial charge in [-0.25, -0.2) is 8.51 Å². The van der Waals surface area contributed by atoms with Crippen LogP contribution in [0.1, 0.15) is 13.3 Å². The first-order valence-corrected chi connectivity index (χ1v) is 5.58. The van der Waals surface area contributed by atoms with E-state index in [0.29, 0.717) is 6.04 Å². The highest BCUT2D eigenvalue weighted by Crippen LogP contribution is 2.09. The average Bonchev–Trinajstić information content (AvgIpc) is 2.40. The monoisotopic (exact) mass is 176 g/mol. The minimum Gasteiger partial charge on any atom is -0.315 e. The molecule has 1 saturated heterocycles. The molecule has 0 amide bonds. The van der Waals surface area contributed by atoms with Gasteiger partial charge in [0.05, 0.1) is 11.0 Å². The maximum absolute atomic E-state index is 11.2. The first-order chi connectivity index (χ1) is 5.25. The van der Waals surface area contributed by atoms with E-state index in [1.807, 2.05) is 4.31 Å². The van der Waals surface area contributed by atoms with Gasteiger partial charge in [0, 0.05) is 25.4 Å². The summed E-state index contributed by atoms with van der Waals surface area (Å²) >= 11 is 0. The maximum Gasteiger partial charge on any atom is 0.0913 e. The topological polar surface area (TPSA) is 32.3 Å². The molecule has 11 heavy (non-hydrogen) atoms. The Morgan fingerprint density at radius 2 is 2.45 bits per heavy atom. The number of nitrogens with zero attached hydrogens (tertiary/aromatic N) is 1. The lowest BCUT2D eigenvalue weighted by atomic mass is 10.3. The maximum atomic E-state index is 11.2. The number of rotatable bonds is 3. The summed E-state index contributed by atoms with van der Waals surface area (Å²) in [6, 6.07) is 0.492. The van der Waals surface area contributed by atoms with Crippen LogP contribution in [0.15, 0.2) is 0 Å². The molecule has 66 valence electrons. The van der Waals surface area contributed by atoms with Gasteiger partial charge >= 0.3 is 0 Å².